The fraction of sp³-hybridized carbons (Fsp3) is 0.222. The summed E-state index contributed by atoms with van der Waals surface area (Å²) in [5.41, 5.74) is 0.931. The number of hydrogen-bond acceptors (Lipinski definition) is 4. The van der Waals surface area contributed by atoms with Crippen molar-refractivity contribution in [2.24, 2.45) is 0 Å². The van der Waals surface area contributed by atoms with E-state index in [1.54, 1.807) is 35.1 Å². The van der Waals surface area contributed by atoms with Gasteiger partial charge in [0.25, 0.3) is 5.91 Å². The van der Waals surface area contributed by atoms with Crippen molar-refractivity contribution in [1.82, 2.24) is 15.1 Å². The first-order valence-electron chi connectivity index (χ1n) is 8.01. The van der Waals surface area contributed by atoms with Gasteiger partial charge in [-0.3, -0.25) is 9.48 Å². The summed E-state index contributed by atoms with van der Waals surface area (Å²) in [6, 6.07) is 8.67. The van der Waals surface area contributed by atoms with Crippen molar-refractivity contribution in [3.8, 4) is 5.75 Å². The Kier molecular flexibility index (Phi) is 6.00. The molecule has 0 bridgehead atoms. The van der Waals surface area contributed by atoms with E-state index in [1.165, 1.54) is 0 Å². The first kappa shape index (κ1) is 18.5. The van der Waals surface area contributed by atoms with E-state index in [-0.39, 0.29) is 18.3 Å². The fourth-order valence-electron chi connectivity index (χ4n) is 2.26. The third-order valence-electron chi connectivity index (χ3n) is 3.61. The van der Waals surface area contributed by atoms with Gasteiger partial charge >= 0.3 is 0 Å². The molecule has 0 unspecified atom stereocenters. The molecule has 2 heterocycles. The van der Waals surface area contributed by atoms with E-state index in [2.05, 4.69) is 26.3 Å². The quantitative estimate of drug-likeness (QED) is 0.593. The minimum atomic E-state index is -0.290. The van der Waals surface area contributed by atoms with Gasteiger partial charge in [0.15, 0.2) is 5.76 Å². The van der Waals surface area contributed by atoms with Gasteiger partial charge in [0.1, 0.15) is 18.1 Å². The number of hydrogen-bond donors (Lipinski definition) is 1. The SMILES string of the molecule is CCn1cc(CNC(=O)c2ccc(COc3ccc(Br)cc3Cl)o2)cn1. The number of amides is 1. The topological polar surface area (TPSA) is 69.3 Å². The van der Waals surface area contributed by atoms with Crippen LogP contribution in [0.2, 0.25) is 5.02 Å². The molecule has 0 fully saturated rings. The summed E-state index contributed by atoms with van der Waals surface area (Å²) in [6.45, 7) is 3.36. The summed E-state index contributed by atoms with van der Waals surface area (Å²) in [4.78, 5) is 12.2. The molecule has 1 amide bonds. The number of halogens is 2. The van der Waals surface area contributed by atoms with Crippen molar-refractivity contribution in [2.75, 3.05) is 0 Å². The van der Waals surface area contributed by atoms with Crippen LogP contribution in [0.3, 0.4) is 0 Å². The van der Waals surface area contributed by atoms with Gasteiger partial charge in [-0.25, -0.2) is 0 Å². The van der Waals surface area contributed by atoms with Crippen LogP contribution in [0, 0.1) is 0 Å². The molecule has 0 aliphatic rings. The van der Waals surface area contributed by atoms with Crippen LogP contribution < -0.4 is 10.1 Å². The molecular formula is C18H17BrClN3O3. The van der Waals surface area contributed by atoms with Crippen molar-refractivity contribution >= 4 is 33.4 Å². The second-order valence-electron chi connectivity index (χ2n) is 5.52. The number of furan rings is 1. The maximum atomic E-state index is 12.2. The molecule has 0 aliphatic carbocycles. The number of aryl methyl sites for hydroxylation is 1. The second kappa shape index (κ2) is 8.42. The third-order valence-corrected chi connectivity index (χ3v) is 4.40. The number of benzene rings is 1. The monoisotopic (exact) mass is 437 g/mol. The zero-order chi connectivity index (χ0) is 18.5. The summed E-state index contributed by atoms with van der Waals surface area (Å²) in [7, 11) is 0. The maximum absolute atomic E-state index is 12.2. The number of carbonyl (C=O) groups is 1. The lowest BCUT2D eigenvalue weighted by Gasteiger charge is -2.06. The molecule has 0 radical (unpaired) electrons. The van der Waals surface area contributed by atoms with Gasteiger partial charge in [0.2, 0.25) is 0 Å². The van der Waals surface area contributed by atoms with Crippen LogP contribution in [0.5, 0.6) is 5.75 Å². The predicted octanol–water partition coefficient (Wildman–Crippen LogP) is 4.42. The number of nitrogens with zero attached hydrogens (tertiary/aromatic N) is 2. The highest BCUT2D eigenvalue weighted by Crippen LogP contribution is 2.28. The zero-order valence-electron chi connectivity index (χ0n) is 14.0. The van der Waals surface area contributed by atoms with Gasteiger partial charge in [-0.2, -0.15) is 5.10 Å². The minimum absolute atomic E-state index is 0.178. The third kappa shape index (κ3) is 4.68. The van der Waals surface area contributed by atoms with E-state index in [0.29, 0.717) is 23.1 Å². The second-order valence-corrected chi connectivity index (χ2v) is 6.84. The molecule has 0 atom stereocenters. The first-order valence-corrected chi connectivity index (χ1v) is 9.18. The van der Waals surface area contributed by atoms with Crippen molar-refractivity contribution in [2.45, 2.75) is 26.6 Å². The van der Waals surface area contributed by atoms with Crippen LogP contribution >= 0.6 is 27.5 Å². The lowest BCUT2D eigenvalue weighted by Crippen LogP contribution is -2.22. The normalized spacial score (nSPS) is 10.7. The molecule has 1 aromatic carbocycles. The molecule has 0 saturated heterocycles. The molecule has 0 spiro atoms. The van der Waals surface area contributed by atoms with E-state index < -0.39 is 0 Å². The van der Waals surface area contributed by atoms with E-state index in [4.69, 9.17) is 20.8 Å². The molecule has 0 aliphatic heterocycles. The largest absolute Gasteiger partial charge is 0.484 e. The summed E-state index contributed by atoms with van der Waals surface area (Å²) in [5, 5.41) is 7.47. The smallest absolute Gasteiger partial charge is 0.287 e. The number of nitrogens with one attached hydrogen (secondary N) is 1. The van der Waals surface area contributed by atoms with Gasteiger partial charge in [0, 0.05) is 29.3 Å². The van der Waals surface area contributed by atoms with E-state index >= 15 is 0 Å². The van der Waals surface area contributed by atoms with Crippen molar-refractivity contribution < 1.29 is 13.9 Å². The van der Waals surface area contributed by atoms with Crippen molar-refractivity contribution in [3.63, 3.8) is 0 Å². The molecule has 1 N–H and O–H groups in total. The summed E-state index contributed by atoms with van der Waals surface area (Å²) < 4.78 is 13.8. The molecular weight excluding hydrogens is 422 g/mol. The highest BCUT2D eigenvalue weighted by Gasteiger charge is 2.12. The fourth-order valence-corrected chi connectivity index (χ4v) is 2.99. The van der Waals surface area contributed by atoms with Gasteiger partial charge in [-0.1, -0.05) is 27.5 Å². The van der Waals surface area contributed by atoms with Gasteiger partial charge in [0.05, 0.1) is 11.2 Å². The summed E-state index contributed by atoms with van der Waals surface area (Å²) in [5.74, 6) is 1.02. The Morgan fingerprint density at radius 3 is 2.96 bits per heavy atom. The lowest BCUT2D eigenvalue weighted by atomic mass is 10.3. The van der Waals surface area contributed by atoms with E-state index in [9.17, 15) is 4.79 Å². The van der Waals surface area contributed by atoms with Gasteiger partial charge < -0.3 is 14.5 Å². The average molecular weight is 439 g/mol. The molecule has 2 aromatic heterocycles. The molecule has 8 heteroatoms. The average Bonchev–Trinajstić information content (AvgIpc) is 3.28. The molecule has 0 saturated carbocycles. The molecule has 136 valence electrons. The van der Waals surface area contributed by atoms with Crippen molar-refractivity contribution in [3.05, 3.63) is 69.3 Å². The summed E-state index contributed by atoms with van der Waals surface area (Å²) >= 11 is 9.45. The Hall–Kier alpha value is -2.25. The van der Waals surface area contributed by atoms with Crippen LogP contribution in [0.25, 0.3) is 0 Å². The molecule has 26 heavy (non-hydrogen) atoms. The van der Waals surface area contributed by atoms with Crippen molar-refractivity contribution in [1.29, 1.82) is 0 Å². The van der Waals surface area contributed by atoms with Gasteiger partial charge in [-0.05, 0) is 37.3 Å². The Morgan fingerprint density at radius 2 is 2.23 bits per heavy atom. The Balaban J connectivity index is 1.54. The van der Waals surface area contributed by atoms with Crippen LogP contribution in [0.1, 0.15) is 28.8 Å². The van der Waals surface area contributed by atoms with Gasteiger partial charge in [-0.15, -0.1) is 0 Å². The molecule has 3 rings (SSSR count). The van der Waals surface area contributed by atoms with E-state index in [1.807, 2.05) is 19.2 Å². The standard InChI is InChI=1S/C18H17BrClN3O3/c1-2-23-10-12(9-22-23)8-21-18(24)17-6-4-14(26-17)11-25-16-5-3-13(19)7-15(16)20/h3-7,9-10H,2,8,11H2,1H3,(H,21,24). The van der Waals surface area contributed by atoms with Crippen LogP contribution in [0.4, 0.5) is 0 Å². The first-order chi connectivity index (χ1) is 12.5. The molecule has 6 nitrogen and oxygen atoms in total. The Labute approximate surface area is 164 Å². The van der Waals surface area contributed by atoms with Crippen LogP contribution in [-0.2, 0) is 19.7 Å². The zero-order valence-corrected chi connectivity index (χ0v) is 16.4. The number of aromatic nitrogens is 2. The lowest BCUT2D eigenvalue weighted by molar-refractivity contribution is 0.0919. The van der Waals surface area contributed by atoms with E-state index in [0.717, 1.165) is 16.6 Å². The molecule has 3 aromatic rings. The minimum Gasteiger partial charge on any atom is -0.484 e. The Bertz CT molecular complexity index is 907. The Morgan fingerprint density at radius 1 is 1.38 bits per heavy atom. The predicted molar refractivity (Wildman–Crippen MR) is 101 cm³/mol. The van der Waals surface area contributed by atoms with Crippen LogP contribution in [0.15, 0.2) is 51.6 Å². The maximum Gasteiger partial charge on any atom is 0.287 e. The number of ether oxygens (including phenoxy) is 1. The highest BCUT2D eigenvalue weighted by molar-refractivity contribution is 9.10. The number of carbonyl (C=O) groups excluding carboxylic acids is 1. The highest BCUT2D eigenvalue weighted by atomic mass is 79.9. The number of rotatable bonds is 7. The van der Waals surface area contributed by atoms with Crippen LogP contribution in [-0.4, -0.2) is 15.7 Å². The summed E-state index contributed by atoms with van der Waals surface area (Å²) in [6.07, 6.45) is 3.62.